The predicted octanol–water partition coefficient (Wildman–Crippen LogP) is 11.0. The molecule has 0 aliphatic heterocycles. The number of rotatable bonds is 3. The minimum atomic E-state index is 0. The van der Waals surface area contributed by atoms with Crippen LogP contribution >= 0.6 is 0 Å². The van der Waals surface area contributed by atoms with Crippen molar-refractivity contribution in [3.63, 3.8) is 0 Å². The third-order valence-electron chi connectivity index (χ3n) is 10.3. The van der Waals surface area contributed by atoms with Gasteiger partial charge in [0.1, 0.15) is 16.9 Å². The summed E-state index contributed by atoms with van der Waals surface area (Å²) in [5, 5.41) is 19.4. The van der Waals surface area contributed by atoms with Crippen molar-refractivity contribution in [2.75, 3.05) is 0 Å². The van der Waals surface area contributed by atoms with E-state index in [0.29, 0.717) is 28.0 Å². The normalized spacial score (nSPS) is 12.2. The van der Waals surface area contributed by atoms with Gasteiger partial charge < -0.3 is 19.2 Å². The molecule has 0 aliphatic rings. The van der Waals surface area contributed by atoms with E-state index >= 15 is 0 Å². The van der Waals surface area contributed by atoms with Gasteiger partial charge in [-0.3, -0.25) is 8.80 Å². The van der Waals surface area contributed by atoms with Crippen molar-refractivity contribution in [3.05, 3.63) is 140 Å². The summed E-state index contributed by atoms with van der Waals surface area (Å²) in [4.78, 5) is 9.89. The van der Waals surface area contributed by atoms with E-state index in [1.807, 2.05) is 60.7 Å². The number of furan rings is 1. The van der Waals surface area contributed by atoms with E-state index in [0.717, 1.165) is 66.0 Å². The molecule has 8 heteroatoms. The Bertz CT molecular complexity index is 3430. The first-order valence-corrected chi connectivity index (χ1v) is 16.8. The van der Waals surface area contributed by atoms with E-state index in [2.05, 4.69) is 75.5 Å². The summed E-state index contributed by atoms with van der Waals surface area (Å²) in [7, 11) is 0. The molecule has 0 saturated carbocycles. The molecule has 248 valence electrons. The molecule has 6 heterocycles. The Morgan fingerprint density at radius 3 is 2.21 bits per heavy atom. The van der Waals surface area contributed by atoms with Crippen LogP contribution in [0.4, 0.5) is 0 Å². The van der Waals surface area contributed by atoms with Gasteiger partial charge in [0.05, 0.1) is 39.0 Å². The quantitative estimate of drug-likeness (QED) is 0.142. The summed E-state index contributed by atoms with van der Waals surface area (Å²) < 4.78 is 17.4. The Labute approximate surface area is 308 Å². The molecule has 0 amide bonds. The largest absolute Gasteiger partial charge is 0.507 e. The van der Waals surface area contributed by atoms with Gasteiger partial charge in [-0.05, 0) is 41.4 Å². The number of aromatic hydroxyl groups is 1. The fourth-order valence-corrected chi connectivity index (χ4v) is 8.22. The van der Waals surface area contributed by atoms with Crippen LogP contribution in [0.5, 0.6) is 17.2 Å². The number of phenolic OH excluding ortho intramolecular Hbond substituents is 1. The van der Waals surface area contributed by atoms with Crippen molar-refractivity contribution in [2.24, 2.45) is 0 Å². The van der Waals surface area contributed by atoms with Crippen LogP contribution in [0.1, 0.15) is 0 Å². The Morgan fingerprint density at radius 2 is 1.33 bits per heavy atom. The molecular weight excluding hydrogens is 828 g/mol. The van der Waals surface area contributed by atoms with Gasteiger partial charge in [-0.15, -0.1) is 23.8 Å². The van der Waals surface area contributed by atoms with E-state index in [-0.39, 0.29) is 26.8 Å². The molecule has 52 heavy (non-hydrogen) atoms. The second-order valence-electron chi connectivity index (χ2n) is 13.0. The molecule has 0 atom stereocenters. The predicted molar refractivity (Wildman–Crippen MR) is 202 cm³/mol. The van der Waals surface area contributed by atoms with Crippen LogP contribution in [-0.2, 0) is 21.1 Å². The van der Waals surface area contributed by atoms with Gasteiger partial charge in [-0.25, -0.2) is 4.98 Å². The molecule has 0 unspecified atom stereocenters. The summed E-state index contributed by atoms with van der Waals surface area (Å²) >= 11 is 0. The van der Waals surface area contributed by atoms with Crippen molar-refractivity contribution in [1.82, 2.24) is 18.8 Å². The van der Waals surface area contributed by atoms with E-state index in [9.17, 15) is 5.11 Å². The number of pyridine rings is 2. The maximum Gasteiger partial charge on any atom is 0.213 e. The van der Waals surface area contributed by atoms with Crippen molar-refractivity contribution in [2.45, 2.75) is 0 Å². The van der Waals surface area contributed by atoms with Gasteiger partial charge in [0, 0.05) is 53.7 Å². The van der Waals surface area contributed by atoms with Crippen LogP contribution in [0.2, 0.25) is 0 Å². The number of nitrogens with zero attached hydrogens (tertiary/aromatic N) is 4. The summed E-state index contributed by atoms with van der Waals surface area (Å²) in [6.07, 6.45) is 1.80. The van der Waals surface area contributed by atoms with Gasteiger partial charge in [0.2, 0.25) is 5.71 Å². The fraction of sp³-hybridized carbons (Fsp3) is 0. The molecular formula is C44H23N4O3Pt-. The molecule has 0 fully saturated rings. The monoisotopic (exact) mass is 850 g/mol. The zero-order chi connectivity index (χ0) is 33.4. The molecule has 12 rings (SSSR count). The van der Waals surface area contributed by atoms with Crippen molar-refractivity contribution < 1.29 is 35.3 Å². The molecule has 0 saturated heterocycles. The van der Waals surface area contributed by atoms with E-state index in [4.69, 9.17) is 19.1 Å². The van der Waals surface area contributed by atoms with Gasteiger partial charge >= 0.3 is 0 Å². The van der Waals surface area contributed by atoms with Crippen molar-refractivity contribution >= 4 is 87.6 Å². The average molecular weight is 851 g/mol. The average Bonchev–Trinajstić information content (AvgIpc) is 3.92. The maximum atomic E-state index is 11.0. The smallest absolute Gasteiger partial charge is 0.213 e. The van der Waals surface area contributed by atoms with Gasteiger partial charge in [-0.2, -0.15) is 0 Å². The second kappa shape index (κ2) is 10.5. The zero-order valence-electron chi connectivity index (χ0n) is 27.1. The Balaban J connectivity index is 0.00000320. The number of aromatic nitrogens is 4. The molecule has 1 N–H and O–H groups in total. The topological polar surface area (TPSA) is 77.2 Å². The fourth-order valence-electron chi connectivity index (χ4n) is 8.22. The first-order valence-electron chi connectivity index (χ1n) is 16.8. The van der Waals surface area contributed by atoms with Crippen LogP contribution in [0, 0.1) is 6.07 Å². The second-order valence-corrected chi connectivity index (χ2v) is 13.0. The van der Waals surface area contributed by atoms with Gasteiger partial charge in [-0.1, -0.05) is 84.9 Å². The molecule has 12 aromatic rings. The summed E-state index contributed by atoms with van der Waals surface area (Å²) in [6.45, 7) is 0. The van der Waals surface area contributed by atoms with E-state index < -0.39 is 0 Å². The number of para-hydroxylation sites is 4. The number of hydrogen-bond acceptors (Lipinski definition) is 5. The van der Waals surface area contributed by atoms with E-state index in [1.54, 1.807) is 12.3 Å². The molecule has 0 spiro atoms. The first kappa shape index (κ1) is 29.3. The zero-order valence-corrected chi connectivity index (χ0v) is 29.3. The Kier molecular flexibility index (Phi) is 5.94. The number of imidazole rings is 1. The molecule has 0 aliphatic carbocycles. The summed E-state index contributed by atoms with van der Waals surface area (Å²) in [6, 6.07) is 46.0. The van der Waals surface area contributed by atoms with E-state index in [1.165, 1.54) is 16.3 Å². The standard InChI is InChI=1S/C44H23N4O3.Pt/c49-36-19-7-13-28-26-11-1-3-16-33(26)47-35-18-8-20-37(41(35)46-43(47)40(28)36)50-25-10-5-9-24(21-25)32-22-31-38(23-45-32)51-44-39(31)30-15-6-14-29-27-12-2-4-17-34(27)48(44)42(29)30;/h1-20,22-23,49H;/q-1;. The number of hydrogen-bond donors (Lipinski definition) is 1. The number of ether oxygens (including phenoxy) is 1. The van der Waals surface area contributed by atoms with Crippen LogP contribution in [0.3, 0.4) is 0 Å². The molecule has 0 bridgehead atoms. The number of benzene rings is 6. The minimum Gasteiger partial charge on any atom is -0.507 e. The third-order valence-corrected chi connectivity index (χ3v) is 10.3. The van der Waals surface area contributed by atoms with Crippen molar-refractivity contribution in [1.29, 1.82) is 0 Å². The molecule has 7 nitrogen and oxygen atoms in total. The van der Waals surface area contributed by atoms with Crippen LogP contribution in [-0.4, -0.2) is 23.9 Å². The number of fused-ring (bicyclic) bond motifs is 16. The summed E-state index contributed by atoms with van der Waals surface area (Å²) in [5.41, 5.74) is 8.68. The molecule has 6 aromatic carbocycles. The summed E-state index contributed by atoms with van der Waals surface area (Å²) in [5.74, 6) is 1.32. The third kappa shape index (κ3) is 3.78. The van der Waals surface area contributed by atoms with Crippen LogP contribution in [0.15, 0.2) is 138 Å². The molecule has 0 radical (unpaired) electrons. The SMILES string of the molecule is Oc1cccc2c3ccccc3n3c4cccc(Oc5[c-]c(-c6cc7c(cn6)oc6c7c7cccc8c9ccccc9n6c87)ccc5)c4nc3c12.[Pt]. The van der Waals surface area contributed by atoms with Crippen LogP contribution < -0.4 is 4.74 Å². The van der Waals surface area contributed by atoms with Crippen molar-refractivity contribution in [3.8, 4) is 28.5 Å². The van der Waals surface area contributed by atoms with Gasteiger partial charge in [0.25, 0.3) is 0 Å². The maximum absolute atomic E-state index is 11.0. The number of phenols is 1. The molecule has 6 aromatic heterocycles. The minimum absolute atomic E-state index is 0. The Morgan fingerprint density at radius 1 is 0.635 bits per heavy atom. The first-order chi connectivity index (χ1) is 25.2. The van der Waals surface area contributed by atoms with Crippen LogP contribution in [0.25, 0.3) is 98.9 Å². The Hall–Kier alpha value is -6.43. The van der Waals surface area contributed by atoms with Gasteiger partial charge in [0.15, 0.2) is 11.3 Å².